The summed E-state index contributed by atoms with van der Waals surface area (Å²) in [6.45, 7) is 2.90. The third-order valence-corrected chi connectivity index (χ3v) is 3.84. The minimum Gasteiger partial charge on any atom is -0.486 e. The summed E-state index contributed by atoms with van der Waals surface area (Å²) in [4.78, 5) is 0. The lowest BCUT2D eigenvalue weighted by Gasteiger charge is -2.22. The van der Waals surface area contributed by atoms with Crippen molar-refractivity contribution in [1.82, 2.24) is 5.32 Å². The molecule has 3 N–H and O–H groups in total. The van der Waals surface area contributed by atoms with Crippen LogP contribution >= 0.6 is 0 Å². The summed E-state index contributed by atoms with van der Waals surface area (Å²) in [5.41, 5.74) is 7.06. The van der Waals surface area contributed by atoms with Gasteiger partial charge in [0.15, 0.2) is 11.5 Å². The lowest BCUT2D eigenvalue weighted by atomic mass is 10.1. The molecule has 0 aromatic heterocycles. The second-order valence-corrected chi connectivity index (χ2v) is 5.38. The predicted octanol–water partition coefficient (Wildman–Crippen LogP) is 1.85. The molecule has 1 aromatic rings. The molecule has 1 heterocycles. The van der Waals surface area contributed by atoms with Gasteiger partial charge in [-0.1, -0.05) is 18.9 Å². The standard InChI is InChI=1S/C15H22N2O2/c16-10-13(17-6-5-11-1-2-11)12-3-4-14-15(9-12)19-8-7-18-14/h3-4,9,11,13,17H,1-2,5-8,10,16H2. The van der Waals surface area contributed by atoms with Crippen LogP contribution in [-0.4, -0.2) is 26.3 Å². The molecule has 0 saturated heterocycles. The fourth-order valence-corrected chi connectivity index (χ4v) is 2.48. The fraction of sp³-hybridized carbons (Fsp3) is 0.600. The number of hydrogen-bond donors (Lipinski definition) is 2. The van der Waals surface area contributed by atoms with Crippen molar-refractivity contribution in [2.24, 2.45) is 11.7 Å². The van der Waals surface area contributed by atoms with Gasteiger partial charge in [0, 0.05) is 12.6 Å². The Balaban J connectivity index is 1.63. The summed E-state index contributed by atoms with van der Waals surface area (Å²) in [7, 11) is 0. The lowest BCUT2D eigenvalue weighted by molar-refractivity contribution is 0.171. The van der Waals surface area contributed by atoms with Gasteiger partial charge in [-0.05, 0) is 36.6 Å². The Morgan fingerprint density at radius 2 is 2.00 bits per heavy atom. The van der Waals surface area contributed by atoms with Gasteiger partial charge in [-0.3, -0.25) is 0 Å². The molecule has 2 aliphatic rings. The van der Waals surface area contributed by atoms with Crippen molar-refractivity contribution in [2.45, 2.75) is 25.3 Å². The third-order valence-electron chi connectivity index (χ3n) is 3.84. The van der Waals surface area contributed by atoms with Crippen LogP contribution in [0.2, 0.25) is 0 Å². The van der Waals surface area contributed by atoms with Gasteiger partial charge in [-0.15, -0.1) is 0 Å². The highest BCUT2D eigenvalue weighted by molar-refractivity contribution is 5.44. The summed E-state index contributed by atoms with van der Waals surface area (Å²) in [6, 6.07) is 6.31. The molecule has 104 valence electrons. The highest BCUT2D eigenvalue weighted by atomic mass is 16.6. The number of fused-ring (bicyclic) bond motifs is 1. The van der Waals surface area contributed by atoms with Crippen LogP contribution in [0.3, 0.4) is 0 Å². The maximum atomic E-state index is 5.88. The summed E-state index contributed by atoms with van der Waals surface area (Å²) < 4.78 is 11.2. The second kappa shape index (κ2) is 5.80. The number of rotatable bonds is 6. The van der Waals surface area contributed by atoms with Gasteiger partial charge in [0.2, 0.25) is 0 Å². The first kappa shape index (κ1) is 12.8. The quantitative estimate of drug-likeness (QED) is 0.821. The highest BCUT2D eigenvalue weighted by Gasteiger charge is 2.21. The van der Waals surface area contributed by atoms with Crippen molar-refractivity contribution in [3.05, 3.63) is 23.8 Å². The van der Waals surface area contributed by atoms with Crippen LogP contribution in [0.5, 0.6) is 11.5 Å². The highest BCUT2D eigenvalue weighted by Crippen LogP contribution is 2.33. The average molecular weight is 262 g/mol. The van der Waals surface area contributed by atoms with Crippen molar-refractivity contribution in [1.29, 1.82) is 0 Å². The number of nitrogens with two attached hydrogens (primary N) is 1. The smallest absolute Gasteiger partial charge is 0.161 e. The van der Waals surface area contributed by atoms with Gasteiger partial charge in [0.05, 0.1) is 0 Å². The Kier molecular flexibility index (Phi) is 3.89. The first-order valence-corrected chi connectivity index (χ1v) is 7.20. The molecule has 1 fully saturated rings. The molecule has 4 nitrogen and oxygen atoms in total. The van der Waals surface area contributed by atoms with E-state index in [4.69, 9.17) is 15.2 Å². The molecule has 19 heavy (non-hydrogen) atoms. The Labute approximate surface area is 114 Å². The lowest BCUT2D eigenvalue weighted by Crippen LogP contribution is -2.29. The normalized spacial score (nSPS) is 19.2. The van der Waals surface area contributed by atoms with E-state index in [0.29, 0.717) is 19.8 Å². The van der Waals surface area contributed by atoms with Gasteiger partial charge in [0.1, 0.15) is 13.2 Å². The molecule has 4 heteroatoms. The van der Waals surface area contributed by atoms with Crippen LogP contribution in [0.15, 0.2) is 18.2 Å². The number of benzene rings is 1. The second-order valence-electron chi connectivity index (χ2n) is 5.38. The van der Waals surface area contributed by atoms with Crippen molar-refractivity contribution in [2.75, 3.05) is 26.3 Å². The van der Waals surface area contributed by atoms with E-state index in [9.17, 15) is 0 Å². The van der Waals surface area contributed by atoms with E-state index < -0.39 is 0 Å². The molecule has 1 aromatic carbocycles. The topological polar surface area (TPSA) is 56.5 Å². The molecule has 1 aliphatic carbocycles. The van der Waals surface area contributed by atoms with Crippen molar-refractivity contribution >= 4 is 0 Å². The minimum atomic E-state index is 0.203. The van der Waals surface area contributed by atoms with Gasteiger partial charge in [0.25, 0.3) is 0 Å². The van der Waals surface area contributed by atoms with E-state index >= 15 is 0 Å². The minimum absolute atomic E-state index is 0.203. The van der Waals surface area contributed by atoms with Gasteiger partial charge < -0.3 is 20.5 Å². The molecule has 3 rings (SSSR count). The number of nitrogens with one attached hydrogen (secondary N) is 1. The molecule has 0 amide bonds. The Bertz CT molecular complexity index is 432. The van der Waals surface area contributed by atoms with E-state index in [1.54, 1.807) is 0 Å². The Morgan fingerprint density at radius 3 is 2.74 bits per heavy atom. The van der Waals surface area contributed by atoms with E-state index in [-0.39, 0.29) is 6.04 Å². The first-order valence-electron chi connectivity index (χ1n) is 7.20. The number of hydrogen-bond acceptors (Lipinski definition) is 4. The van der Waals surface area contributed by atoms with Crippen molar-refractivity contribution in [3.63, 3.8) is 0 Å². The maximum Gasteiger partial charge on any atom is 0.161 e. The summed E-state index contributed by atoms with van der Waals surface area (Å²) in [5.74, 6) is 2.63. The van der Waals surface area contributed by atoms with E-state index in [2.05, 4.69) is 17.4 Å². The summed E-state index contributed by atoms with van der Waals surface area (Å²) in [5, 5.41) is 3.54. The zero-order valence-electron chi connectivity index (χ0n) is 11.2. The van der Waals surface area contributed by atoms with Crippen LogP contribution in [0.25, 0.3) is 0 Å². The van der Waals surface area contributed by atoms with E-state index in [1.165, 1.54) is 24.8 Å². The zero-order valence-corrected chi connectivity index (χ0v) is 11.2. The van der Waals surface area contributed by atoms with Crippen LogP contribution in [-0.2, 0) is 0 Å². The van der Waals surface area contributed by atoms with Crippen LogP contribution in [0.4, 0.5) is 0 Å². The van der Waals surface area contributed by atoms with Gasteiger partial charge in [-0.25, -0.2) is 0 Å². The monoisotopic (exact) mass is 262 g/mol. The summed E-state index contributed by atoms with van der Waals surface area (Å²) in [6.07, 6.45) is 4.07. The molecule has 1 aliphatic heterocycles. The van der Waals surface area contributed by atoms with Crippen LogP contribution in [0, 0.1) is 5.92 Å². The number of ether oxygens (including phenoxy) is 2. The largest absolute Gasteiger partial charge is 0.486 e. The van der Waals surface area contributed by atoms with Gasteiger partial charge in [-0.2, -0.15) is 0 Å². The average Bonchev–Trinajstić information content (AvgIpc) is 3.27. The van der Waals surface area contributed by atoms with Crippen molar-refractivity contribution in [3.8, 4) is 11.5 Å². The predicted molar refractivity (Wildman–Crippen MR) is 74.6 cm³/mol. The maximum absolute atomic E-state index is 5.88. The zero-order chi connectivity index (χ0) is 13.1. The Hall–Kier alpha value is -1.26. The SMILES string of the molecule is NCC(NCCC1CC1)c1ccc2c(c1)OCCO2. The van der Waals surface area contributed by atoms with E-state index in [1.807, 2.05) is 6.07 Å². The van der Waals surface area contributed by atoms with Crippen LogP contribution < -0.4 is 20.5 Å². The molecule has 0 radical (unpaired) electrons. The molecule has 0 bridgehead atoms. The molecule has 0 spiro atoms. The third kappa shape index (κ3) is 3.19. The molecular weight excluding hydrogens is 240 g/mol. The summed E-state index contributed by atoms with van der Waals surface area (Å²) >= 11 is 0. The first-order chi connectivity index (χ1) is 9.36. The van der Waals surface area contributed by atoms with Gasteiger partial charge >= 0.3 is 0 Å². The molecule has 1 saturated carbocycles. The molecule has 1 unspecified atom stereocenters. The Morgan fingerprint density at radius 1 is 1.21 bits per heavy atom. The van der Waals surface area contributed by atoms with E-state index in [0.717, 1.165) is 24.0 Å². The molecular formula is C15H22N2O2. The van der Waals surface area contributed by atoms with Crippen molar-refractivity contribution < 1.29 is 9.47 Å². The van der Waals surface area contributed by atoms with Crippen LogP contribution in [0.1, 0.15) is 30.9 Å². The fourth-order valence-electron chi connectivity index (χ4n) is 2.48. The molecule has 1 atom stereocenters.